The van der Waals surface area contributed by atoms with Gasteiger partial charge in [0.05, 0.1) is 10.4 Å². The fourth-order valence-corrected chi connectivity index (χ4v) is 3.30. The number of hydrogen-bond acceptors (Lipinski definition) is 5. The molecule has 7 heteroatoms. The molecule has 1 N–H and O–H groups in total. The topological polar surface area (TPSA) is 72.0 Å². The Balaban J connectivity index is 1.99. The number of anilines is 1. The van der Waals surface area contributed by atoms with Gasteiger partial charge in [-0.1, -0.05) is 34.1 Å². The minimum absolute atomic E-state index is 0.253. The van der Waals surface area contributed by atoms with E-state index in [9.17, 15) is 8.42 Å². The van der Waals surface area contributed by atoms with Crippen molar-refractivity contribution >= 4 is 42.5 Å². The van der Waals surface area contributed by atoms with Crippen LogP contribution in [0.3, 0.4) is 0 Å². The number of benzene rings is 2. The lowest BCUT2D eigenvalue weighted by Gasteiger charge is -2.10. The minimum Gasteiger partial charge on any atom is -0.365 e. The van der Waals surface area contributed by atoms with Crippen molar-refractivity contribution in [2.45, 2.75) is 11.4 Å². The molecule has 1 heterocycles. The molecule has 3 rings (SSSR count). The Hall–Kier alpha value is -1.99. The van der Waals surface area contributed by atoms with E-state index in [4.69, 9.17) is 0 Å². The average Bonchev–Trinajstić information content (AvgIpc) is 2.53. The smallest absolute Gasteiger partial charge is 0.175 e. The number of aromatic nitrogens is 2. The molecular formula is C16H14BrN3O2S. The number of fused-ring (bicyclic) bond motifs is 1. The Morgan fingerprint density at radius 3 is 2.65 bits per heavy atom. The zero-order valence-electron chi connectivity index (χ0n) is 12.3. The normalized spacial score (nSPS) is 11.6. The van der Waals surface area contributed by atoms with E-state index in [-0.39, 0.29) is 4.90 Å². The van der Waals surface area contributed by atoms with Crippen LogP contribution in [0.1, 0.15) is 5.56 Å². The molecule has 0 aliphatic carbocycles. The molecule has 0 saturated carbocycles. The van der Waals surface area contributed by atoms with Crippen molar-refractivity contribution in [3.63, 3.8) is 0 Å². The lowest BCUT2D eigenvalue weighted by atomic mass is 10.2. The molecule has 2 aromatic carbocycles. The summed E-state index contributed by atoms with van der Waals surface area (Å²) in [6, 6.07) is 12.7. The van der Waals surface area contributed by atoms with Crippen LogP contribution in [0.5, 0.6) is 0 Å². The van der Waals surface area contributed by atoms with Gasteiger partial charge in [-0.15, -0.1) is 0 Å². The highest BCUT2D eigenvalue weighted by atomic mass is 79.9. The van der Waals surface area contributed by atoms with Crippen molar-refractivity contribution in [3.8, 4) is 0 Å². The predicted molar refractivity (Wildman–Crippen MR) is 94.1 cm³/mol. The summed E-state index contributed by atoms with van der Waals surface area (Å²) in [5.74, 6) is 0.608. The zero-order chi connectivity index (χ0) is 16.4. The Morgan fingerprint density at radius 2 is 1.91 bits per heavy atom. The molecule has 0 atom stereocenters. The molecule has 3 aromatic rings. The van der Waals surface area contributed by atoms with Crippen LogP contribution in [-0.2, 0) is 16.4 Å². The predicted octanol–water partition coefficient (Wildman–Crippen LogP) is 3.41. The van der Waals surface area contributed by atoms with Crippen LogP contribution in [0.2, 0.25) is 0 Å². The number of sulfone groups is 1. The number of halogens is 1. The Bertz CT molecular complexity index is 974. The molecular weight excluding hydrogens is 378 g/mol. The van der Waals surface area contributed by atoms with Gasteiger partial charge in [-0.25, -0.2) is 18.4 Å². The van der Waals surface area contributed by atoms with Crippen molar-refractivity contribution < 1.29 is 8.42 Å². The van der Waals surface area contributed by atoms with Gasteiger partial charge in [0.2, 0.25) is 0 Å². The SMILES string of the molecule is CS(=O)(=O)c1ccc2ncnc(NCc3ccccc3Br)c2c1. The van der Waals surface area contributed by atoms with Crippen LogP contribution in [-0.4, -0.2) is 24.6 Å². The number of hydrogen-bond donors (Lipinski definition) is 1. The molecule has 0 fully saturated rings. The summed E-state index contributed by atoms with van der Waals surface area (Å²) < 4.78 is 24.5. The number of rotatable bonds is 4. The van der Waals surface area contributed by atoms with Crippen LogP contribution >= 0.6 is 15.9 Å². The Morgan fingerprint density at radius 1 is 1.13 bits per heavy atom. The van der Waals surface area contributed by atoms with Gasteiger partial charge in [0.15, 0.2) is 9.84 Å². The summed E-state index contributed by atoms with van der Waals surface area (Å²) in [6.45, 7) is 0.566. The van der Waals surface area contributed by atoms with Gasteiger partial charge in [0.25, 0.3) is 0 Å². The summed E-state index contributed by atoms with van der Waals surface area (Å²) in [5.41, 5.74) is 1.78. The Labute approximate surface area is 142 Å². The highest BCUT2D eigenvalue weighted by Gasteiger charge is 2.11. The molecule has 0 spiro atoms. The zero-order valence-corrected chi connectivity index (χ0v) is 14.7. The van der Waals surface area contributed by atoms with Crippen molar-refractivity contribution in [1.29, 1.82) is 0 Å². The van der Waals surface area contributed by atoms with E-state index in [2.05, 4.69) is 31.2 Å². The Kier molecular flexibility index (Phi) is 4.32. The van der Waals surface area contributed by atoms with Crippen molar-refractivity contribution in [2.24, 2.45) is 0 Å². The highest BCUT2D eigenvalue weighted by Crippen LogP contribution is 2.24. The molecule has 0 aliphatic heterocycles. The van der Waals surface area contributed by atoms with Gasteiger partial charge in [0, 0.05) is 22.7 Å². The molecule has 0 aliphatic rings. The molecule has 5 nitrogen and oxygen atoms in total. The van der Waals surface area contributed by atoms with E-state index in [0.29, 0.717) is 23.3 Å². The molecule has 0 amide bonds. The fraction of sp³-hybridized carbons (Fsp3) is 0.125. The first kappa shape index (κ1) is 15.9. The number of nitrogens with one attached hydrogen (secondary N) is 1. The van der Waals surface area contributed by atoms with E-state index in [0.717, 1.165) is 10.0 Å². The first-order chi connectivity index (χ1) is 10.9. The highest BCUT2D eigenvalue weighted by molar-refractivity contribution is 9.10. The lowest BCUT2D eigenvalue weighted by Crippen LogP contribution is -2.04. The second kappa shape index (κ2) is 6.25. The van der Waals surface area contributed by atoms with Gasteiger partial charge < -0.3 is 5.32 Å². The van der Waals surface area contributed by atoms with Crippen molar-refractivity contribution in [2.75, 3.05) is 11.6 Å². The third-order valence-corrected chi connectivity index (χ3v) is 5.32. The van der Waals surface area contributed by atoms with E-state index in [1.165, 1.54) is 12.6 Å². The second-order valence-corrected chi connectivity index (χ2v) is 7.99. The molecule has 118 valence electrons. The monoisotopic (exact) mass is 391 g/mol. The maximum atomic E-state index is 11.7. The van der Waals surface area contributed by atoms with Crippen molar-refractivity contribution in [3.05, 3.63) is 58.8 Å². The first-order valence-electron chi connectivity index (χ1n) is 6.87. The molecule has 1 aromatic heterocycles. The van der Waals surface area contributed by atoms with Crippen LogP contribution < -0.4 is 5.32 Å². The van der Waals surface area contributed by atoms with Gasteiger partial charge in [-0.3, -0.25) is 0 Å². The van der Waals surface area contributed by atoms with Crippen LogP contribution in [0, 0.1) is 0 Å². The van der Waals surface area contributed by atoms with Crippen molar-refractivity contribution in [1.82, 2.24) is 9.97 Å². The molecule has 0 bridgehead atoms. The summed E-state index contributed by atoms with van der Waals surface area (Å²) in [5, 5.41) is 3.93. The standard InChI is InChI=1S/C16H14BrN3O2S/c1-23(21,22)12-6-7-15-13(8-12)16(20-10-19-15)18-9-11-4-2-3-5-14(11)17/h2-8,10H,9H2,1H3,(H,18,19,20). The van der Waals surface area contributed by atoms with E-state index in [1.54, 1.807) is 18.2 Å². The largest absolute Gasteiger partial charge is 0.365 e. The van der Waals surface area contributed by atoms with Crippen LogP contribution in [0.15, 0.2) is 58.2 Å². The van der Waals surface area contributed by atoms with Gasteiger partial charge in [-0.05, 0) is 29.8 Å². The second-order valence-electron chi connectivity index (χ2n) is 5.12. The minimum atomic E-state index is -3.28. The third-order valence-electron chi connectivity index (χ3n) is 3.44. The summed E-state index contributed by atoms with van der Waals surface area (Å²) >= 11 is 3.51. The molecule has 23 heavy (non-hydrogen) atoms. The van der Waals surface area contributed by atoms with E-state index < -0.39 is 9.84 Å². The maximum Gasteiger partial charge on any atom is 0.175 e. The molecule has 0 radical (unpaired) electrons. The maximum absolute atomic E-state index is 11.7. The van der Waals surface area contributed by atoms with Gasteiger partial charge >= 0.3 is 0 Å². The summed E-state index contributed by atoms with van der Waals surface area (Å²) in [4.78, 5) is 8.68. The fourth-order valence-electron chi connectivity index (χ4n) is 2.23. The summed E-state index contributed by atoms with van der Waals surface area (Å²) in [6.07, 6.45) is 2.65. The third kappa shape index (κ3) is 3.51. The quantitative estimate of drug-likeness (QED) is 0.737. The average molecular weight is 392 g/mol. The summed E-state index contributed by atoms with van der Waals surface area (Å²) in [7, 11) is -3.28. The van der Waals surface area contributed by atoms with E-state index in [1.807, 2.05) is 24.3 Å². The van der Waals surface area contributed by atoms with Crippen LogP contribution in [0.4, 0.5) is 5.82 Å². The first-order valence-corrected chi connectivity index (χ1v) is 9.56. The van der Waals surface area contributed by atoms with Gasteiger partial charge in [-0.2, -0.15) is 0 Å². The lowest BCUT2D eigenvalue weighted by molar-refractivity contribution is 0.602. The number of nitrogens with zero attached hydrogens (tertiary/aromatic N) is 2. The van der Waals surface area contributed by atoms with E-state index >= 15 is 0 Å². The van der Waals surface area contributed by atoms with Gasteiger partial charge in [0.1, 0.15) is 12.1 Å². The molecule has 0 unspecified atom stereocenters. The molecule has 0 saturated heterocycles. The van der Waals surface area contributed by atoms with Crippen LogP contribution in [0.25, 0.3) is 10.9 Å².